The number of imidazole rings is 1. The molecular weight excluding hydrogens is 442 g/mol. The Morgan fingerprint density at radius 1 is 1.00 bits per heavy atom. The molecule has 0 spiro atoms. The average molecular weight is 468 g/mol. The number of para-hydroxylation sites is 1. The monoisotopic (exact) mass is 467 g/mol. The van der Waals surface area contributed by atoms with Gasteiger partial charge in [-0.2, -0.15) is 0 Å². The van der Waals surface area contributed by atoms with Crippen molar-refractivity contribution in [1.29, 1.82) is 0 Å². The summed E-state index contributed by atoms with van der Waals surface area (Å²) in [4.78, 5) is 20.6. The highest BCUT2D eigenvalue weighted by Crippen LogP contribution is 2.42. The maximum absolute atomic E-state index is 12.0. The Morgan fingerprint density at radius 3 is 2.66 bits per heavy atom. The Hall–Kier alpha value is -4.10. The first-order valence-corrected chi connectivity index (χ1v) is 11.7. The van der Waals surface area contributed by atoms with Crippen LogP contribution in [0.15, 0.2) is 82.5 Å². The van der Waals surface area contributed by atoms with E-state index in [9.17, 15) is 4.79 Å². The number of nitrogens with one attached hydrogen (secondary N) is 1. The number of benzene rings is 2. The highest BCUT2D eigenvalue weighted by Gasteiger charge is 2.23. The quantitative estimate of drug-likeness (QED) is 0.349. The summed E-state index contributed by atoms with van der Waals surface area (Å²) >= 11 is 0. The Balaban J connectivity index is 1.53. The van der Waals surface area contributed by atoms with E-state index in [0.717, 1.165) is 65.2 Å². The molecule has 1 N–H and O–H groups in total. The van der Waals surface area contributed by atoms with Crippen LogP contribution in [0.2, 0.25) is 0 Å². The maximum atomic E-state index is 12.0. The summed E-state index contributed by atoms with van der Waals surface area (Å²) in [6, 6.07) is 17.2. The number of pyridine rings is 1. The molecule has 0 unspecified atom stereocenters. The Morgan fingerprint density at radius 2 is 1.86 bits per heavy atom. The molecule has 2 aromatic carbocycles. The van der Waals surface area contributed by atoms with Crippen molar-refractivity contribution < 1.29 is 13.9 Å². The van der Waals surface area contributed by atoms with E-state index >= 15 is 0 Å². The Bertz CT molecular complexity index is 1540. The number of hydrogen-bond donors (Lipinski definition) is 1. The zero-order valence-corrected chi connectivity index (χ0v) is 19.4. The molecule has 5 aromatic rings. The van der Waals surface area contributed by atoms with Crippen LogP contribution in [0.3, 0.4) is 0 Å². The number of hydrogen-bond acceptors (Lipinski definition) is 5. The van der Waals surface area contributed by atoms with Gasteiger partial charge in [-0.1, -0.05) is 18.2 Å². The lowest BCUT2D eigenvalue weighted by Gasteiger charge is -2.19. The Labute approximate surface area is 202 Å². The van der Waals surface area contributed by atoms with Crippen molar-refractivity contribution in [2.45, 2.75) is 18.8 Å². The SMILES string of the molecule is Cn1cc(-c2ccc3[nH]c(C4CCOCC4)nc3c2Oc2ccccc2-c2ccoc2)ccc1=O. The fourth-order valence-electron chi connectivity index (χ4n) is 4.64. The molecule has 0 aliphatic carbocycles. The molecule has 0 saturated carbocycles. The van der Waals surface area contributed by atoms with E-state index in [4.69, 9.17) is 18.9 Å². The van der Waals surface area contributed by atoms with Gasteiger partial charge in [0.2, 0.25) is 5.56 Å². The number of H-pyrrole nitrogens is 1. The highest BCUT2D eigenvalue weighted by molar-refractivity contribution is 5.91. The summed E-state index contributed by atoms with van der Waals surface area (Å²) in [5.41, 5.74) is 5.20. The standard InChI is InChI=1S/C28H25N3O4/c1-31-16-19(6-9-25(31)32)22-7-8-23-26(30-28(29-23)18-10-13-33-14-11-18)27(22)35-24-5-3-2-4-21(24)20-12-15-34-17-20/h2-9,12,15-18H,10-11,13-14H2,1H3,(H,29,30). The number of aromatic amines is 1. The molecule has 0 amide bonds. The third-order valence-corrected chi connectivity index (χ3v) is 6.56. The third kappa shape index (κ3) is 4.04. The minimum absolute atomic E-state index is 0.0656. The van der Waals surface area contributed by atoms with Crippen LogP contribution in [-0.2, 0) is 11.8 Å². The lowest BCUT2D eigenvalue weighted by molar-refractivity contribution is 0.0838. The molecule has 4 heterocycles. The van der Waals surface area contributed by atoms with E-state index in [-0.39, 0.29) is 5.56 Å². The first kappa shape index (κ1) is 21.4. The molecule has 7 heteroatoms. The molecule has 0 bridgehead atoms. The van der Waals surface area contributed by atoms with Crippen molar-refractivity contribution in [3.8, 4) is 33.8 Å². The minimum Gasteiger partial charge on any atom is -0.472 e. The molecule has 0 atom stereocenters. The smallest absolute Gasteiger partial charge is 0.250 e. The summed E-state index contributed by atoms with van der Waals surface area (Å²) in [5.74, 6) is 2.62. The number of fused-ring (bicyclic) bond motifs is 1. The molecule has 1 aliphatic rings. The van der Waals surface area contributed by atoms with Crippen LogP contribution < -0.4 is 10.3 Å². The highest BCUT2D eigenvalue weighted by atomic mass is 16.5. The van der Waals surface area contributed by atoms with Gasteiger partial charge in [0.15, 0.2) is 5.75 Å². The summed E-state index contributed by atoms with van der Waals surface area (Å²) < 4.78 is 19.1. The number of ether oxygens (including phenoxy) is 2. The van der Waals surface area contributed by atoms with Crippen LogP contribution in [0.5, 0.6) is 11.5 Å². The van der Waals surface area contributed by atoms with Gasteiger partial charge >= 0.3 is 0 Å². The normalized spacial score (nSPS) is 14.4. The number of furan rings is 1. The summed E-state index contributed by atoms with van der Waals surface area (Å²) in [6.45, 7) is 1.48. The van der Waals surface area contributed by atoms with Crippen molar-refractivity contribution in [2.75, 3.05) is 13.2 Å². The van der Waals surface area contributed by atoms with Crippen molar-refractivity contribution >= 4 is 11.0 Å². The number of aryl methyl sites for hydroxylation is 1. The molecular formula is C28H25N3O4. The zero-order chi connectivity index (χ0) is 23.8. The van der Waals surface area contributed by atoms with Gasteiger partial charge in [-0.05, 0) is 43.2 Å². The number of nitrogens with zero attached hydrogens (tertiary/aromatic N) is 2. The fraction of sp³-hybridized carbons (Fsp3) is 0.214. The van der Waals surface area contributed by atoms with Crippen molar-refractivity contribution in [3.05, 3.63) is 89.5 Å². The largest absolute Gasteiger partial charge is 0.472 e. The zero-order valence-electron chi connectivity index (χ0n) is 19.4. The van der Waals surface area contributed by atoms with Crippen LogP contribution in [-0.4, -0.2) is 27.7 Å². The molecule has 35 heavy (non-hydrogen) atoms. The van der Waals surface area contributed by atoms with Gasteiger partial charge in [0.25, 0.3) is 0 Å². The fourth-order valence-corrected chi connectivity index (χ4v) is 4.64. The van der Waals surface area contributed by atoms with E-state index in [1.54, 1.807) is 30.2 Å². The minimum atomic E-state index is -0.0656. The van der Waals surface area contributed by atoms with Gasteiger partial charge in [0, 0.05) is 60.7 Å². The second-order valence-electron chi connectivity index (χ2n) is 8.82. The number of aromatic nitrogens is 3. The molecule has 176 valence electrons. The first-order chi connectivity index (χ1) is 17.2. The van der Waals surface area contributed by atoms with E-state index < -0.39 is 0 Å². The topological polar surface area (TPSA) is 82.3 Å². The third-order valence-electron chi connectivity index (χ3n) is 6.56. The summed E-state index contributed by atoms with van der Waals surface area (Å²) in [6.07, 6.45) is 7.05. The molecule has 1 saturated heterocycles. The van der Waals surface area contributed by atoms with Crippen molar-refractivity contribution in [3.63, 3.8) is 0 Å². The predicted molar refractivity (Wildman–Crippen MR) is 134 cm³/mol. The molecule has 1 aliphatic heterocycles. The van der Waals surface area contributed by atoms with Gasteiger partial charge in [-0.25, -0.2) is 4.98 Å². The van der Waals surface area contributed by atoms with E-state index in [0.29, 0.717) is 17.4 Å². The van der Waals surface area contributed by atoms with Crippen LogP contribution in [0.1, 0.15) is 24.6 Å². The molecule has 3 aromatic heterocycles. The number of rotatable bonds is 5. The second kappa shape index (κ2) is 8.92. The second-order valence-corrected chi connectivity index (χ2v) is 8.82. The van der Waals surface area contributed by atoms with Crippen LogP contribution in [0, 0.1) is 0 Å². The molecule has 7 nitrogen and oxygen atoms in total. The summed E-state index contributed by atoms with van der Waals surface area (Å²) in [5, 5.41) is 0. The predicted octanol–water partition coefficient (Wildman–Crippen LogP) is 5.87. The van der Waals surface area contributed by atoms with Gasteiger partial charge < -0.3 is 23.4 Å². The van der Waals surface area contributed by atoms with Crippen LogP contribution in [0.25, 0.3) is 33.3 Å². The van der Waals surface area contributed by atoms with Crippen LogP contribution >= 0.6 is 0 Å². The van der Waals surface area contributed by atoms with Gasteiger partial charge in [0.1, 0.15) is 17.1 Å². The van der Waals surface area contributed by atoms with Gasteiger partial charge in [0.05, 0.1) is 18.0 Å². The van der Waals surface area contributed by atoms with Crippen LogP contribution in [0.4, 0.5) is 0 Å². The first-order valence-electron chi connectivity index (χ1n) is 11.7. The van der Waals surface area contributed by atoms with Crippen molar-refractivity contribution in [2.24, 2.45) is 7.05 Å². The lowest BCUT2D eigenvalue weighted by Crippen LogP contribution is -2.15. The maximum Gasteiger partial charge on any atom is 0.250 e. The van der Waals surface area contributed by atoms with E-state index in [2.05, 4.69) is 4.98 Å². The molecule has 1 fully saturated rings. The average Bonchev–Trinajstić information content (AvgIpc) is 3.58. The summed E-state index contributed by atoms with van der Waals surface area (Å²) in [7, 11) is 1.75. The molecule has 6 rings (SSSR count). The lowest BCUT2D eigenvalue weighted by atomic mass is 10.00. The van der Waals surface area contributed by atoms with Gasteiger partial charge in [-0.15, -0.1) is 0 Å². The Kier molecular flexibility index (Phi) is 5.47. The van der Waals surface area contributed by atoms with Crippen molar-refractivity contribution in [1.82, 2.24) is 14.5 Å². The van der Waals surface area contributed by atoms with Gasteiger partial charge in [-0.3, -0.25) is 4.79 Å². The molecule has 0 radical (unpaired) electrons. The van der Waals surface area contributed by atoms with E-state index in [1.165, 1.54) is 0 Å². The van der Waals surface area contributed by atoms with E-state index in [1.807, 2.05) is 54.7 Å².